The van der Waals surface area contributed by atoms with Crippen LogP contribution in [0.4, 0.5) is 0 Å². The zero-order valence-electron chi connectivity index (χ0n) is 13.8. The number of ether oxygens (including phenoxy) is 2. The van der Waals surface area contributed by atoms with Crippen LogP contribution < -0.4 is 9.47 Å². The maximum absolute atomic E-state index is 12.0. The van der Waals surface area contributed by atoms with Gasteiger partial charge in [0.05, 0.1) is 5.71 Å². The highest BCUT2D eigenvalue weighted by Crippen LogP contribution is 2.32. The summed E-state index contributed by atoms with van der Waals surface area (Å²) in [6, 6.07) is 5.54. The molecule has 1 heterocycles. The van der Waals surface area contributed by atoms with E-state index in [0.29, 0.717) is 24.6 Å². The number of likely N-dealkylation sites (N-methyl/N-ethyl adjacent to an activating group) is 1. The van der Waals surface area contributed by atoms with E-state index in [0.717, 1.165) is 16.9 Å². The molecule has 0 N–H and O–H groups in total. The van der Waals surface area contributed by atoms with Crippen molar-refractivity contribution in [1.82, 2.24) is 4.90 Å². The number of oxime groups is 1. The molecule has 6 heteroatoms. The maximum Gasteiger partial charge on any atom is 0.263 e. The number of amides is 1. The second-order valence-corrected chi connectivity index (χ2v) is 5.38. The predicted octanol–water partition coefficient (Wildman–Crippen LogP) is 2.58. The first-order valence-corrected chi connectivity index (χ1v) is 7.50. The first-order valence-electron chi connectivity index (χ1n) is 7.50. The van der Waals surface area contributed by atoms with E-state index in [-0.39, 0.29) is 19.3 Å². The molecule has 0 saturated carbocycles. The topological polar surface area (TPSA) is 60.4 Å². The molecular formula is C17H22N2O4. The Labute approximate surface area is 136 Å². The fourth-order valence-corrected chi connectivity index (χ4v) is 2.15. The van der Waals surface area contributed by atoms with Gasteiger partial charge >= 0.3 is 0 Å². The average Bonchev–Trinajstić information content (AvgIpc) is 2.99. The number of fused-ring (bicyclic) bond motifs is 1. The number of benzene rings is 1. The van der Waals surface area contributed by atoms with Gasteiger partial charge in [-0.25, -0.2) is 0 Å². The Morgan fingerprint density at radius 2 is 2.09 bits per heavy atom. The van der Waals surface area contributed by atoms with Crippen molar-refractivity contribution in [3.8, 4) is 11.5 Å². The van der Waals surface area contributed by atoms with Gasteiger partial charge in [0.15, 0.2) is 18.1 Å². The van der Waals surface area contributed by atoms with Crippen molar-refractivity contribution in [1.29, 1.82) is 0 Å². The zero-order chi connectivity index (χ0) is 16.8. The molecule has 1 aromatic carbocycles. The lowest BCUT2D eigenvalue weighted by molar-refractivity contribution is -0.135. The van der Waals surface area contributed by atoms with E-state index < -0.39 is 0 Å². The SMILES string of the molecule is C=C(C)CN(CC)C(=O)CO/N=C(\C)c1ccc2c(c1)OCO2. The molecule has 2 rings (SSSR count). The summed E-state index contributed by atoms with van der Waals surface area (Å²) < 4.78 is 10.6. The van der Waals surface area contributed by atoms with Gasteiger partial charge in [-0.1, -0.05) is 17.3 Å². The lowest BCUT2D eigenvalue weighted by atomic mass is 10.1. The molecule has 6 nitrogen and oxygen atoms in total. The zero-order valence-corrected chi connectivity index (χ0v) is 13.8. The quantitative estimate of drug-likeness (QED) is 0.440. The normalized spacial score (nSPS) is 12.9. The van der Waals surface area contributed by atoms with Crippen molar-refractivity contribution >= 4 is 11.6 Å². The molecule has 0 radical (unpaired) electrons. The summed E-state index contributed by atoms with van der Waals surface area (Å²) >= 11 is 0. The van der Waals surface area contributed by atoms with E-state index in [1.807, 2.05) is 39.0 Å². The van der Waals surface area contributed by atoms with Gasteiger partial charge in [0.25, 0.3) is 5.91 Å². The summed E-state index contributed by atoms with van der Waals surface area (Å²) in [4.78, 5) is 18.9. The molecule has 0 fully saturated rings. The highest BCUT2D eigenvalue weighted by atomic mass is 16.7. The fourth-order valence-electron chi connectivity index (χ4n) is 2.15. The Bertz CT molecular complexity index is 625. The Kier molecular flexibility index (Phi) is 5.62. The summed E-state index contributed by atoms with van der Waals surface area (Å²) in [6.07, 6.45) is 0. The standard InChI is InChI=1S/C17H22N2O4/c1-5-19(9-12(2)3)17(20)10-23-18-13(4)14-6-7-15-16(8-14)22-11-21-15/h6-8H,2,5,9-11H2,1,3-4H3/b18-13+. The number of hydrogen-bond acceptors (Lipinski definition) is 5. The van der Waals surface area contributed by atoms with Gasteiger partial charge in [-0.3, -0.25) is 4.79 Å². The highest BCUT2D eigenvalue weighted by molar-refractivity contribution is 5.99. The van der Waals surface area contributed by atoms with Gasteiger partial charge in [0.2, 0.25) is 6.79 Å². The molecule has 1 aliphatic rings. The summed E-state index contributed by atoms with van der Waals surface area (Å²) in [5.74, 6) is 1.29. The molecule has 23 heavy (non-hydrogen) atoms. The summed E-state index contributed by atoms with van der Waals surface area (Å²) in [5, 5.41) is 4.01. The average molecular weight is 318 g/mol. The van der Waals surface area contributed by atoms with Gasteiger partial charge in [0.1, 0.15) is 0 Å². The Balaban J connectivity index is 1.92. The summed E-state index contributed by atoms with van der Waals surface area (Å²) in [6.45, 7) is 10.7. The van der Waals surface area contributed by atoms with Crippen molar-refractivity contribution in [2.75, 3.05) is 26.5 Å². The number of rotatable bonds is 7. The highest BCUT2D eigenvalue weighted by Gasteiger charge is 2.15. The van der Waals surface area contributed by atoms with E-state index in [9.17, 15) is 4.79 Å². The first-order chi connectivity index (χ1) is 11.0. The number of carbonyl (C=O) groups is 1. The monoisotopic (exact) mass is 318 g/mol. The molecule has 124 valence electrons. The smallest absolute Gasteiger partial charge is 0.263 e. The van der Waals surface area contributed by atoms with Crippen molar-refractivity contribution in [2.45, 2.75) is 20.8 Å². The first kappa shape index (κ1) is 16.9. The van der Waals surface area contributed by atoms with Gasteiger partial charge in [-0.05, 0) is 39.0 Å². The summed E-state index contributed by atoms with van der Waals surface area (Å²) in [5.41, 5.74) is 2.45. The van der Waals surface area contributed by atoms with E-state index in [2.05, 4.69) is 11.7 Å². The lowest BCUT2D eigenvalue weighted by Crippen LogP contribution is -2.34. The Morgan fingerprint density at radius 3 is 2.78 bits per heavy atom. The van der Waals surface area contributed by atoms with E-state index >= 15 is 0 Å². The van der Waals surface area contributed by atoms with Crippen LogP contribution in [0.2, 0.25) is 0 Å². The largest absolute Gasteiger partial charge is 0.454 e. The van der Waals surface area contributed by atoms with Crippen LogP contribution >= 0.6 is 0 Å². The van der Waals surface area contributed by atoms with Crippen molar-refractivity contribution in [2.24, 2.45) is 5.16 Å². The minimum absolute atomic E-state index is 0.0942. The van der Waals surface area contributed by atoms with Gasteiger partial charge < -0.3 is 19.2 Å². The fraction of sp³-hybridized carbons (Fsp3) is 0.412. The molecule has 1 aromatic rings. The van der Waals surface area contributed by atoms with E-state index in [4.69, 9.17) is 14.3 Å². The second-order valence-electron chi connectivity index (χ2n) is 5.38. The molecule has 0 bridgehead atoms. The summed E-state index contributed by atoms with van der Waals surface area (Å²) in [7, 11) is 0. The molecule has 0 saturated heterocycles. The van der Waals surface area contributed by atoms with E-state index in [1.165, 1.54) is 0 Å². The third-order valence-electron chi connectivity index (χ3n) is 3.38. The maximum atomic E-state index is 12.0. The molecule has 1 aliphatic heterocycles. The van der Waals surface area contributed by atoms with Crippen molar-refractivity contribution in [3.63, 3.8) is 0 Å². The van der Waals surface area contributed by atoms with Gasteiger partial charge in [0, 0.05) is 18.7 Å². The van der Waals surface area contributed by atoms with Crippen molar-refractivity contribution in [3.05, 3.63) is 35.9 Å². The van der Waals surface area contributed by atoms with Crippen molar-refractivity contribution < 1.29 is 19.1 Å². The molecule has 1 amide bonds. The van der Waals surface area contributed by atoms with Crippen LogP contribution in [0, 0.1) is 0 Å². The molecule has 0 atom stereocenters. The number of carbonyl (C=O) groups excluding carboxylic acids is 1. The van der Waals surface area contributed by atoms with Crippen LogP contribution in [0.25, 0.3) is 0 Å². The minimum atomic E-state index is -0.113. The Morgan fingerprint density at radius 1 is 1.35 bits per heavy atom. The molecular weight excluding hydrogens is 296 g/mol. The van der Waals surface area contributed by atoms with Crippen LogP contribution in [0.5, 0.6) is 11.5 Å². The molecule has 0 spiro atoms. The number of hydrogen-bond donors (Lipinski definition) is 0. The number of nitrogens with zero attached hydrogens (tertiary/aromatic N) is 2. The minimum Gasteiger partial charge on any atom is -0.454 e. The molecule has 0 aromatic heterocycles. The van der Waals surface area contributed by atoms with Crippen LogP contribution in [0.15, 0.2) is 35.5 Å². The van der Waals surface area contributed by atoms with Crippen LogP contribution in [-0.4, -0.2) is 43.0 Å². The Hall–Kier alpha value is -2.50. The predicted molar refractivity (Wildman–Crippen MR) is 87.8 cm³/mol. The third kappa shape index (κ3) is 4.48. The van der Waals surface area contributed by atoms with Crippen LogP contribution in [0.3, 0.4) is 0 Å². The second kappa shape index (κ2) is 7.67. The molecule has 0 aliphatic carbocycles. The van der Waals surface area contributed by atoms with Gasteiger partial charge in [-0.2, -0.15) is 0 Å². The van der Waals surface area contributed by atoms with E-state index in [1.54, 1.807) is 4.90 Å². The lowest BCUT2D eigenvalue weighted by Gasteiger charge is -2.20. The van der Waals surface area contributed by atoms with Crippen LogP contribution in [0.1, 0.15) is 26.3 Å². The molecule has 0 unspecified atom stereocenters. The van der Waals surface area contributed by atoms with Gasteiger partial charge in [-0.15, -0.1) is 0 Å². The third-order valence-corrected chi connectivity index (χ3v) is 3.38. The van der Waals surface area contributed by atoms with Crippen LogP contribution in [-0.2, 0) is 9.63 Å².